The molecule has 1 heterocycles. The number of rotatable bonds is 8. The van der Waals surface area contributed by atoms with Gasteiger partial charge in [0, 0.05) is 51.3 Å². The number of carbonyl (C=O) groups is 1. The zero-order valence-electron chi connectivity index (χ0n) is 12.9. The van der Waals surface area contributed by atoms with Gasteiger partial charge >= 0.3 is 0 Å². The number of carbonyl (C=O) groups excluding carboxylic acids is 1. The summed E-state index contributed by atoms with van der Waals surface area (Å²) >= 11 is 0. The molecule has 0 spiro atoms. The number of nitrogens with zero attached hydrogens (tertiary/aromatic N) is 1. The van der Waals surface area contributed by atoms with Crippen molar-refractivity contribution in [2.75, 3.05) is 52.3 Å². The lowest BCUT2D eigenvalue weighted by atomic mass is 9.98. The molecule has 1 unspecified atom stereocenters. The smallest absolute Gasteiger partial charge is 0.220 e. The van der Waals surface area contributed by atoms with E-state index in [1.54, 1.807) is 7.11 Å². The van der Waals surface area contributed by atoms with Crippen LogP contribution in [0.5, 0.6) is 0 Å². The summed E-state index contributed by atoms with van der Waals surface area (Å²) in [4.78, 5) is 14.2. The first-order chi connectivity index (χ1) is 10.2. The third kappa shape index (κ3) is 4.72. The summed E-state index contributed by atoms with van der Waals surface area (Å²) < 4.78 is 5.03. The van der Waals surface area contributed by atoms with Crippen molar-refractivity contribution in [3.63, 3.8) is 0 Å². The molecule has 5 nitrogen and oxygen atoms in total. The molecule has 0 bridgehead atoms. The van der Waals surface area contributed by atoms with E-state index in [2.05, 4.69) is 27.7 Å². The minimum Gasteiger partial charge on any atom is -0.384 e. The molecule has 1 amide bonds. The number of methoxy groups -OCH3 is 1. The van der Waals surface area contributed by atoms with Crippen LogP contribution in [0.4, 0.5) is 5.69 Å². The van der Waals surface area contributed by atoms with Crippen LogP contribution in [0.2, 0.25) is 0 Å². The van der Waals surface area contributed by atoms with Crippen molar-refractivity contribution in [1.82, 2.24) is 10.2 Å². The van der Waals surface area contributed by atoms with Crippen LogP contribution in [-0.4, -0.2) is 57.8 Å². The summed E-state index contributed by atoms with van der Waals surface area (Å²) in [5.41, 5.74) is 2.42. The highest BCUT2D eigenvalue weighted by molar-refractivity contribution is 5.78. The van der Waals surface area contributed by atoms with Crippen molar-refractivity contribution in [2.45, 2.75) is 12.3 Å². The summed E-state index contributed by atoms with van der Waals surface area (Å²) in [5.74, 6) is 0.408. The molecule has 21 heavy (non-hydrogen) atoms. The van der Waals surface area contributed by atoms with E-state index in [0.717, 1.165) is 31.9 Å². The third-order valence-corrected chi connectivity index (χ3v) is 3.86. The molecular weight excluding hydrogens is 266 g/mol. The Morgan fingerprint density at radius 3 is 3.05 bits per heavy atom. The fraction of sp³-hybridized carbons (Fsp3) is 0.562. The molecular formula is C16H25N3O2. The summed E-state index contributed by atoms with van der Waals surface area (Å²) in [7, 11) is 3.73. The van der Waals surface area contributed by atoms with Crippen molar-refractivity contribution in [3.8, 4) is 0 Å². The standard InChI is InChI=1S/C16H25N3O2/c1-19(9-10-21-2)8-7-17-16(20)11-13-12-18-15-6-4-3-5-14(13)15/h3-6,13,18H,7-12H2,1-2H3,(H,17,20). The van der Waals surface area contributed by atoms with Gasteiger partial charge < -0.3 is 20.3 Å². The average Bonchev–Trinajstić information content (AvgIpc) is 2.88. The Morgan fingerprint density at radius 2 is 2.24 bits per heavy atom. The quantitative estimate of drug-likeness (QED) is 0.757. The van der Waals surface area contributed by atoms with Gasteiger partial charge in [0.1, 0.15) is 0 Å². The van der Waals surface area contributed by atoms with Crippen molar-refractivity contribution in [3.05, 3.63) is 29.8 Å². The summed E-state index contributed by atoms with van der Waals surface area (Å²) in [6.07, 6.45) is 0.547. The van der Waals surface area contributed by atoms with Gasteiger partial charge in [-0.2, -0.15) is 0 Å². The second-order valence-corrected chi connectivity index (χ2v) is 5.52. The van der Waals surface area contributed by atoms with E-state index >= 15 is 0 Å². The van der Waals surface area contributed by atoms with Crippen molar-refractivity contribution in [2.24, 2.45) is 0 Å². The normalized spacial score (nSPS) is 16.6. The molecule has 1 aliphatic heterocycles. The highest BCUT2D eigenvalue weighted by Gasteiger charge is 2.23. The van der Waals surface area contributed by atoms with Gasteiger partial charge in [-0.25, -0.2) is 0 Å². The number of para-hydroxylation sites is 1. The number of nitrogens with one attached hydrogen (secondary N) is 2. The first-order valence-corrected chi connectivity index (χ1v) is 7.47. The van der Waals surface area contributed by atoms with E-state index in [1.807, 2.05) is 19.2 Å². The molecule has 116 valence electrons. The predicted octanol–water partition coefficient (Wildman–Crippen LogP) is 1.28. The molecule has 1 aliphatic rings. The molecule has 2 N–H and O–H groups in total. The fourth-order valence-electron chi connectivity index (χ4n) is 2.58. The number of anilines is 1. The molecule has 0 radical (unpaired) electrons. The largest absolute Gasteiger partial charge is 0.384 e. The van der Waals surface area contributed by atoms with Crippen LogP contribution in [0.1, 0.15) is 17.9 Å². The lowest BCUT2D eigenvalue weighted by molar-refractivity contribution is -0.121. The van der Waals surface area contributed by atoms with Gasteiger partial charge in [0.05, 0.1) is 6.61 Å². The van der Waals surface area contributed by atoms with Crippen LogP contribution >= 0.6 is 0 Å². The van der Waals surface area contributed by atoms with Crippen LogP contribution in [-0.2, 0) is 9.53 Å². The number of hydrogen-bond donors (Lipinski definition) is 2. The Kier molecular flexibility index (Phi) is 6.02. The highest BCUT2D eigenvalue weighted by Crippen LogP contribution is 2.32. The van der Waals surface area contributed by atoms with E-state index in [9.17, 15) is 4.79 Å². The number of ether oxygens (including phenoxy) is 1. The van der Waals surface area contributed by atoms with E-state index in [-0.39, 0.29) is 11.8 Å². The number of amides is 1. The first kappa shape index (κ1) is 15.8. The molecule has 5 heteroatoms. The van der Waals surface area contributed by atoms with E-state index in [0.29, 0.717) is 13.0 Å². The molecule has 1 aromatic carbocycles. The zero-order chi connectivity index (χ0) is 15.1. The van der Waals surface area contributed by atoms with Gasteiger partial charge in [0.2, 0.25) is 5.91 Å². The van der Waals surface area contributed by atoms with Crippen LogP contribution in [0.15, 0.2) is 24.3 Å². The molecule has 2 rings (SSSR count). The Labute approximate surface area is 126 Å². The Balaban J connectivity index is 1.69. The van der Waals surface area contributed by atoms with Crippen molar-refractivity contribution in [1.29, 1.82) is 0 Å². The zero-order valence-corrected chi connectivity index (χ0v) is 12.9. The average molecular weight is 291 g/mol. The summed E-state index contributed by atoms with van der Waals surface area (Å²) in [6.45, 7) is 3.97. The Hall–Kier alpha value is -1.59. The summed E-state index contributed by atoms with van der Waals surface area (Å²) in [6, 6.07) is 8.22. The lowest BCUT2D eigenvalue weighted by Gasteiger charge is -2.16. The monoisotopic (exact) mass is 291 g/mol. The van der Waals surface area contributed by atoms with E-state index in [1.165, 1.54) is 5.56 Å². The highest BCUT2D eigenvalue weighted by atomic mass is 16.5. The second-order valence-electron chi connectivity index (χ2n) is 5.52. The Bertz CT molecular complexity index is 465. The van der Waals surface area contributed by atoms with Crippen LogP contribution in [0.25, 0.3) is 0 Å². The van der Waals surface area contributed by atoms with Crippen LogP contribution in [0, 0.1) is 0 Å². The van der Waals surface area contributed by atoms with Gasteiger partial charge in [-0.05, 0) is 18.7 Å². The van der Waals surface area contributed by atoms with Gasteiger partial charge in [-0.1, -0.05) is 18.2 Å². The second kappa shape index (κ2) is 8.00. The van der Waals surface area contributed by atoms with E-state index in [4.69, 9.17) is 4.74 Å². The van der Waals surface area contributed by atoms with Crippen LogP contribution < -0.4 is 10.6 Å². The van der Waals surface area contributed by atoms with Crippen molar-refractivity contribution >= 4 is 11.6 Å². The molecule has 1 aromatic rings. The minimum atomic E-state index is 0.124. The first-order valence-electron chi connectivity index (χ1n) is 7.47. The SMILES string of the molecule is COCCN(C)CCNC(=O)CC1CNc2ccccc21. The Morgan fingerprint density at radius 1 is 1.43 bits per heavy atom. The lowest BCUT2D eigenvalue weighted by Crippen LogP contribution is -2.35. The van der Waals surface area contributed by atoms with E-state index < -0.39 is 0 Å². The number of hydrogen-bond acceptors (Lipinski definition) is 4. The molecule has 0 saturated heterocycles. The van der Waals surface area contributed by atoms with Crippen LogP contribution in [0.3, 0.4) is 0 Å². The van der Waals surface area contributed by atoms with Gasteiger partial charge in [0.25, 0.3) is 0 Å². The molecule has 1 atom stereocenters. The number of fused-ring (bicyclic) bond motifs is 1. The molecule has 0 fully saturated rings. The van der Waals surface area contributed by atoms with Gasteiger partial charge in [0.15, 0.2) is 0 Å². The summed E-state index contributed by atoms with van der Waals surface area (Å²) in [5, 5.41) is 6.35. The molecule has 0 aromatic heterocycles. The molecule has 0 aliphatic carbocycles. The number of likely N-dealkylation sites (N-methyl/N-ethyl adjacent to an activating group) is 1. The predicted molar refractivity (Wildman–Crippen MR) is 84.7 cm³/mol. The third-order valence-electron chi connectivity index (χ3n) is 3.86. The fourth-order valence-corrected chi connectivity index (χ4v) is 2.58. The number of benzene rings is 1. The maximum absolute atomic E-state index is 12.0. The maximum Gasteiger partial charge on any atom is 0.220 e. The van der Waals surface area contributed by atoms with Gasteiger partial charge in [-0.15, -0.1) is 0 Å². The topological polar surface area (TPSA) is 53.6 Å². The van der Waals surface area contributed by atoms with Crippen molar-refractivity contribution < 1.29 is 9.53 Å². The minimum absolute atomic E-state index is 0.124. The maximum atomic E-state index is 12.0. The molecule has 0 saturated carbocycles. The van der Waals surface area contributed by atoms with Gasteiger partial charge in [-0.3, -0.25) is 4.79 Å².